The van der Waals surface area contributed by atoms with Crippen LogP contribution in [0.2, 0.25) is 0 Å². The Morgan fingerprint density at radius 2 is 1.95 bits per heavy atom. The molecule has 1 heterocycles. The highest BCUT2D eigenvalue weighted by Gasteiger charge is 2.27. The molecule has 0 aromatic carbocycles. The number of nitrogens with zero attached hydrogens (tertiary/aromatic N) is 2. The fraction of sp³-hybridized carbons (Fsp3) is 0.625. The topological polar surface area (TPSA) is 71.2 Å². The van der Waals surface area contributed by atoms with E-state index in [0.717, 1.165) is 24.5 Å². The minimum atomic E-state index is -0.514. The van der Waals surface area contributed by atoms with Gasteiger partial charge in [0.15, 0.2) is 0 Å². The van der Waals surface area contributed by atoms with Gasteiger partial charge in [0.25, 0.3) is 0 Å². The predicted molar refractivity (Wildman–Crippen MR) is 87.1 cm³/mol. The van der Waals surface area contributed by atoms with E-state index < -0.39 is 6.04 Å². The van der Waals surface area contributed by atoms with Gasteiger partial charge in [-0.2, -0.15) is 0 Å². The first-order chi connectivity index (χ1) is 9.79. The number of anilines is 1. The lowest BCUT2D eigenvalue weighted by Crippen LogP contribution is -2.48. The Hall–Kier alpha value is -1.62. The maximum absolute atomic E-state index is 12.0. The molecule has 0 fully saturated rings. The van der Waals surface area contributed by atoms with Gasteiger partial charge in [-0.05, 0) is 30.9 Å². The molecule has 5 heteroatoms. The molecule has 1 aromatic heterocycles. The van der Waals surface area contributed by atoms with Crippen LogP contribution in [0.25, 0.3) is 0 Å². The lowest BCUT2D eigenvalue weighted by molar-refractivity contribution is -0.124. The molecule has 0 aliphatic carbocycles. The van der Waals surface area contributed by atoms with Gasteiger partial charge in [-0.15, -0.1) is 0 Å². The fourth-order valence-corrected chi connectivity index (χ4v) is 1.95. The average molecular weight is 292 g/mol. The van der Waals surface area contributed by atoms with Gasteiger partial charge in [0, 0.05) is 25.8 Å². The highest BCUT2D eigenvalue weighted by atomic mass is 16.2. The van der Waals surface area contributed by atoms with E-state index in [-0.39, 0.29) is 11.3 Å². The van der Waals surface area contributed by atoms with Crippen LogP contribution >= 0.6 is 0 Å². The molecule has 0 aliphatic heterocycles. The maximum atomic E-state index is 12.0. The van der Waals surface area contributed by atoms with Crippen molar-refractivity contribution in [2.45, 2.75) is 47.2 Å². The van der Waals surface area contributed by atoms with Crippen LogP contribution in [-0.2, 0) is 11.3 Å². The van der Waals surface area contributed by atoms with Crippen LogP contribution in [0.4, 0.5) is 5.82 Å². The van der Waals surface area contributed by atoms with Crippen LogP contribution in [0.5, 0.6) is 0 Å². The Morgan fingerprint density at radius 3 is 2.38 bits per heavy atom. The lowest BCUT2D eigenvalue weighted by atomic mass is 9.87. The van der Waals surface area contributed by atoms with Crippen molar-refractivity contribution >= 4 is 11.7 Å². The molecule has 0 radical (unpaired) electrons. The molecule has 1 atom stereocenters. The van der Waals surface area contributed by atoms with Gasteiger partial charge in [0.05, 0.1) is 6.04 Å². The maximum Gasteiger partial charge on any atom is 0.237 e. The Morgan fingerprint density at radius 1 is 1.33 bits per heavy atom. The van der Waals surface area contributed by atoms with Crippen molar-refractivity contribution in [3.05, 3.63) is 23.9 Å². The first-order valence-electron chi connectivity index (χ1n) is 7.52. The summed E-state index contributed by atoms with van der Waals surface area (Å²) >= 11 is 0. The molecule has 1 aromatic rings. The molecule has 0 unspecified atom stereocenters. The first kappa shape index (κ1) is 17.4. The number of amides is 1. The van der Waals surface area contributed by atoms with Crippen molar-refractivity contribution in [1.82, 2.24) is 10.3 Å². The summed E-state index contributed by atoms with van der Waals surface area (Å²) in [7, 11) is 0. The van der Waals surface area contributed by atoms with Crippen LogP contribution in [-0.4, -0.2) is 30.0 Å². The standard InChI is InChI=1S/C16H28N4O/c1-6-20(7-2)13-9-8-12(10-18-13)11-19-15(21)14(17)16(3,4)5/h8-10,14H,6-7,11,17H2,1-5H3,(H,19,21)/t14-/m1/s1. The van der Waals surface area contributed by atoms with Crippen LogP contribution < -0.4 is 16.0 Å². The second-order valence-corrected chi connectivity index (χ2v) is 6.26. The van der Waals surface area contributed by atoms with Crippen molar-refractivity contribution in [3.63, 3.8) is 0 Å². The zero-order valence-electron chi connectivity index (χ0n) is 13.8. The minimum absolute atomic E-state index is 0.129. The van der Waals surface area contributed by atoms with E-state index >= 15 is 0 Å². The molecule has 1 rings (SSSR count). The number of rotatable bonds is 6. The molecule has 3 N–H and O–H groups in total. The van der Waals surface area contributed by atoms with E-state index in [4.69, 9.17) is 5.73 Å². The van der Waals surface area contributed by atoms with Crippen molar-refractivity contribution < 1.29 is 4.79 Å². The fourth-order valence-electron chi connectivity index (χ4n) is 1.95. The highest BCUT2D eigenvalue weighted by Crippen LogP contribution is 2.17. The summed E-state index contributed by atoms with van der Waals surface area (Å²) < 4.78 is 0. The second kappa shape index (κ2) is 7.41. The number of carbonyl (C=O) groups excluding carboxylic acids is 1. The number of carbonyl (C=O) groups is 1. The van der Waals surface area contributed by atoms with E-state index in [9.17, 15) is 4.79 Å². The summed E-state index contributed by atoms with van der Waals surface area (Å²) in [5.41, 5.74) is 6.66. The SMILES string of the molecule is CCN(CC)c1ccc(CNC(=O)[C@@H](N)C(C)(C)C)cn1. The van der Waals surface area contributed by atoms with Gasteiger partial charge in [0.2, 0.25) is 5.91 Å². The van der Waals surface area contributed by atoms with E-state index in [2.05, 4.69) is 29.0 Å². The molecule has 0 aliphatic rings. The Balaban J connectivity index is 2.59. The summed E-state index contributed by atoms with van der Waals surface area (Å²) in [4.78, 5) is 18.6. The van der Waals surface area contributed by atoms with Gasteiger partial charge in [0.1, 0.15) is 5.82 Å². The number of nitrogens with two attached hydrogens (primary N) is 1. The zero-order chi connectivity index (χ0) is 16.0. The number of aromatic nitrogens is 1. The molecule has 0 saturated heterocycles. The zero-order valence-corrected chi connectivity index (χ0v) is 13.8. The van der Waals surface area contributed by atoms with Gasteiger partial charge in [-0.1, -0.05) is 26.8 Å². The van der Waals surface area contributed by atoms with Crippen molar-refractivity contribution in [2.75, 3.05) is 18.0 Å². The predicted octanol–water partition coefficient (Wildman–Crippen LogP) is 1.92. The summed E-state index contributed by atoms with van der Waals surface area (Å²) in [6.07, 6.45) is 1.80. The van der Waals surface area contributed by atoms with Gasteiger partial charge < -0.3 is 16.0 Å². The second-order valence-electron chi connectivity index (χ2n) is 6.26. The lowest BCUT2D eigenvalue weighted by Gasteiger charge is -2.25. The Labute approximate surface area is 127 Å². The molecule has 0 spiro atoms. The van der Waals surface area contributed by atoms with Crippen LogP contribution in [0.1, 0.15) is 40.2 Å². The normalized spacial score (nSPS) is 12.9. The monoisotopic (exact) mass is 292 g/mol. The van der Waals surface area contributed by atoms with Crippen LogP contribution in [0, 0.1) is 5.41 Å². The van der Waals surface area contributed by atoms with Crippen molar-refractivity contribution in [3.8, 4) is 0 Å². The molecule has 0 bridgehead atoms. The summed E-state index contributed by atoms with van der Waals surface area (Å²) in [5.74, 6) is 0.830. The van der Waals surface area contributed by atoms with Gasteiger partial charge >= 0.3 is 0 Å². The minimum Gasteiger partial charge on any atom is -0.357 e. The first-order valence-corrected chi connectivity index (χ1v) is 7.52. The van der Waals surface area contributed by atoms with E-state index in [1.807, 2.05) is 32.9 Å². The van der Waals surface area contributed by atoms with E-state index in [1.54, 1.807) is 6.20 Å². The van der Waals surface area contributed by atoms with Crippen LogP contribution in [0.3, 0.4) is 0 Å². The van der Waals surface area contributed by atoms with Gasteiger partial charge in [-0.3, -0.25) is 4.79 Å². The van der Waals surface area contributed by atoms with Crippen molar-refractivity contribution in [1.29, 1.82) is 0 Å². The van der Waals surface area contributed by atoms with Crippen LogP contribution in [0.15, 0.2) is 18.3 Å². The molecule has 118 valence electrons. The molecular formula is C16H28N4O. The van der Waals surface area contributed by atoms with Crippen molar-refractivity contribution in [2.24, 2.45) is 11.1 Å². The summed E-state index contributed by atoms with van der Waals surface area (Å²) in [6, 6.07) is 3.46. The Kier molecular flexibility index (Phi) is 6.15. The summed E-state index contributed by atoms with van der Waals surface area (Å²) in [5, 5.41) is 2.86. The average Bonchev–Trinajstić information content (AvgIpc) is 2.45. The Bertz CT molecular complexity index is 446. The molecule has 1 amide bonds. The third kappa shape index (κ3) is 5.01. The number of hydrogen-bond acceptors (Lipinski definition) is 4. The van der Waals surface area contributed by atoms with E-state index in [0.29, 0.717) is 6.54 Å². The number of nitrogens with one attached hydrogen (secondary N) is 1. The smallest absolute Gasteiger partial charge is 0.237 e. The third-order valence-electron chi connectivity index (χ3n) is 3.58. The molecule has 0 saturated carbocycles. The van der Waals surface area contributed by atoms with E-state index in [1.165, 1.54) is 0 Å². The highest BCUT2D eigenvalue weighted by molar-refractivity contribution is 5.82. The molecule has 21 heavy (non-hydrogen) atoms. The quantitative estimate of drug-likeness (QED) is 0.840. The molecule has 5 nitrogen and oxygen atoms in total. The van der Waals surface area contributed by atoms with Gasteiger partial charge in [-0.25, -0.2) is 4.98 Å². The summed E-state index contributed by atoms with van der Waals surface area (Å²) in [6.45, 7) is 12.4. The number of hydrogen-bond donors (Lipinski definition) is 2. The largest absolute Gasteiger partial charge is 0.357 e. The number of pyridine rings is 1. The molecular weight excluding hydrogens is 264 g/mol. The third-order valence-corrected chi connectivity index (χ3v) is 3.58.